The number of benzene rings is 1. The molecule has 3 N–H and O–H groups in total. The molecule has 0 saturated carbocycles. The number of carbonyl (C=O) groups is 1. The lowest BCUT2D eigenvalue weighted by molar-refractivity contribution is -1.02. The van der Waals surface area contributed by atoms with Gasteiger partial charge in [0.25, 0.3) is 17.7 Å². The summed E-state index contributed by atoms with van der Waals surface area (Å²) < 4.78 is 24.1. The molecule has 2 aromatic heterocycles. The van der Waals surface area contributed by atoms with Gasteiger partial charge in [-0.05, 0) is 30.3 Å². The fourth-order valence-electron chi connectivity index (χ4n) is 3.35. The van der Waals surface area contributed by atoms with Crippen LogP contribution >= 0.6 is 0 Å². The third kappa shape index (κ3) is 4.62. The summed E-state index contributed by atoms with van der Waals surface area (Å²) in [5, 5.41) is 10.9. The topological polar surface area (TPSA) is 90.0 Å². The Labute approximate surface area is 160 Å². The minimum absolute atomic E-state index is 0.107. The molecule has 0 unspecified atom stereocenters. The van der Waals surface area contributed by atoms with Gasteiger partial charge in [-0.25, -0.2) is 4.39 Å². The van der Waals surface area contributed by atoms with Crippen LogP contribution in [0.25, 0.3) is 11.7 Å². The highest BCUT2D eigenvalue weighted by molar-refractivity contribution is 5.91. The van der Waals surface area contributed by atoms with E-state index in [1.54, 1.807) is 30.5 Å². The van der Waals surface area contributed by atoms with Gasteiger partial charge in [-0.2, -0.15) is 0 Å². The van der Waals surface area contributed by atoms with Gasteiger partial charge in [-0.15, -0.1) is 10.2 Å². The lowest BCUT2D eigenvalue weighted by Crippen LogP contribution is -3.28. The van der Waals surface area contributed by atoms with E-state index in [0.717, 1.165) is 26.2 Å². The molecule has 1 aliphatic rings. The molecule has 8 nitrogen and oxygen atoms in total. The lowest BCUT2D eigenvalue weighted by Gasteiger charge is -2.28. The van der Waals surface area contributed by atoms with Crippen LogP contribution in [0.1, 0.15) is 5.89 Å². The second kappa shape index (κ2) is 8.32. The van der Waals surface area contributed by atoms with Crippen LogP contribution in [0, 0.1) is 5.82 Å². The molecule has 0 radical (unpaired) electrons. The monoisotopic (exact) mass is 387 g/mol. The van der Waals surface area contributed by atoms with E-state index in [0.29, 0.717) is 36.3 Å². The largest absolute Gasteiger partial charge is 0.459 e. The predicted octanol–water partition coefficient (Wildman–Crippen LogP) is -0.609. The molecule has 1 aromatic carbocycles. The van der Waals surface area contributed by atoms with Gasteiger partial charge in [0.1, 0.15) is 32.0 Å². The Morgan fingerprint density at radius 3 is 2.68 bits per heavy atom. The summed E-state index contributed by atoms with van der Waals surface area (Å²) in [7, 11) is 0. The molecule has 0 atom stereocenters. The SMILES string of the molecule is O=C(C[NH+]1CC[NH+](Cc2nnc(-c3ccco3)o2)CC1)Nc1cccc(F)c1. The van der Waals surface area contributed by atoms with Gasteiger partial charge in [0.15, 0.2) is 18.8 Å². The number of nitrogens with one attached hydrogen (secondary N) is 3. The Morgan fingerprint density at radius 2 is 1.93 bits per heavy atom. The number of amides is 1. The maximum absolute atomic E-state index is 13.2. The van der Waals surface area contributed by atoms with E-state index in [4.69, 9.17) is 8.83 Å². The Kier molecular flexibility index (Phi) is 5.45. The summed E-state index contributed by atoms with van der Waals surface area (Å²) >= 11 is 0. The second-order valence-electron chi connectivity index (χ2n) is 6.89. The Hall–Kier alpha value is -3.04. The normalized spacial score (nSPS) is 19.5. The number of nitrogens with zero attached hydrogens (tertiary/aromatic N) is 2. The van der Waals surface area contributed by atoms with Crippen LogP contribution in [0.3, 0.4) is 0 Å². The summed E-state index contributed by atoms with van der Waals surface area (Å²) in [6, 6.07) is 9.48. The van der Waals surface area contributed by atoms with Gasteiger partial charge in [0.2, 0.25) is 0 Å². The van der Waals surface area contributed by atoms with Crippen LogP contribution in [-0.2, 0) is 11.3 Å². The number of hydrogen-bond acceptors (Lipinski definition) is 5. The number of furan rings is 1. The van der Waals surface area contributed by atoms with Gasteiger partial charge in [0.05, 0.1) is 6.26 Å². The van der Waals surface area contributed by atoms with E-state index in [1.165, 1.54) is 21.9 Å². The van der Waals surface area contributed by atoms with Crippen molar-refractivity contribution in [2.24, 2.45) is 0 Å². The summed E-state index contributed by atoms with van der Waals surface area (Å²) in [6.45, 7) is 4.56. The number of piperazine rings is 1. The number of quaternary nitrogens is 2. The van der Waals surface area contributed by atoms with Crippen LogP contribution in [0.5, 0.6) is 0 Å². The molecule has 146 valence electrons. The molecule has 1 amide bonds. The molecule has 3 aromatic rings. The number of rotatable bonds is 6. The summed E-state index contributed by atoms with van der Waals surface area (Å²) in [6.07, 6.45) is 1.57. The number of halogens is 1. The van der Waals surface area contributed by atoms with E-state index in [1.807, 2.05) is 0 Å². The molecule has 28 heavy (non-hydrogen) atoms. The molecular formula is C19H22FN5O3+2. The number of hydrogen-bond donors (Lipinski definition) is 3. The van der Waals surface area contributed by atoms with Gasteiger partial charge in [-0.3, -0.25) is 4.79 Å². The van der Waals surface area contributed by atoms with Crippen molar-refractivity contribution in [2.45, 2.75) is 6.54 Å². The van der Waals surface area contributed by atoms with Crippen molar-refractivity contribution in [1.29, 1.82) is 0 Å². The maximum atomic E-state index is 13.2. The minimum Gasteiger partial charge on any atom is -0.459 e. The Bertz CT molecular complexity index is 919. The first-order valence-corrected chi connectivity index (χ1v) is 9.24. The van der Waals surface area contributed by atoms with E-state index >= 15 is 0 Å². The third-order valence-electron chi connectivity index (χ3n) is 4.78. The average Bonchev–Trinajstić information content (AvgIpc) is 3.35. The van der Waals surface area contributed by atoms with Crippen molar-refractivity contribution >= 4 is 11.6 Å². The molecule has 1 saturated heterocycles. The summed E-state index contributed by atoms with van der Waals surface area (Å²) in [4.78, 5) is 14.7. The second-order valence-corrected chi connectivity index (χ2v) is 6.89. The first-order valence-electron chi connectivity index (χ1n) is 9.24. The van der Waals surface area contributed by atoms with Crippen molar-refractivity contribution in [2.75, 3.05) is 38.0 Å². The van der Waals surface area contributed by atoms with E-state index in [2.05, 4.69) is 15.5 Å². The molecule has 0 aliphatic carbocycles. The highest BCUT2D eigenvalue weighted by Gasteiger charge is 2.26. The van der Waals surface area contributed by atoms with Crippen molar-refractivity contribution < 1.29 is 27.8 Å². The van der Waals surface area contributed by atoms with Crippen LogP contribution in [0.4, 0.5) is 10.1 Å². The standard InChI is InChI=1S/C19H20FN5O3/c20-14-3-1-4-15(11-14)21-17(26)12-24-6-8-25(9-7-24)13-18-22-23-19(28-18)16-5-2-10-27-16/h1-5,10-11H,6-9,12-13H2,(H,21,26)/p+2. The predicted molar refractivity (Wildman–Crippen MR) is 97.0 cm³/mol. The number of anilines is 1. The zero-order valence-electron chi connectivity index (χ0n) is 15.3. The van der Waals surface area contributed by atoms with Crippen molar-refractivity contribution in [3.8, 4) is 11.7 Å². The van der Waals surface area contributed by atoms with Gasteiger partial charge >= 0.3 is 0 Å². The molecule has 1 aliphatic heterocycles. The zero-order valence-corrected chi connectivity index (χ0v) is 15.3. The zero-order chi connectivity index (χ0) is 19.3. The van der Waals surface area contributed by atoms with Crippen LogP contribution in [0.2, 0.25) is 0 Å². The van der Waals surface area contributed by atoms with Gasteiger partial charge in [0, 0.05) is 5.69 Å². The molecule has 0 bridgehead atoms. The van der Waals surface area contributed by atoms with Gasteiger partial charge < -0.3 is 24.0 Å². The number of aromatic nitrogens is 2. The number of carbonyl (C=O) groups excluding carboxylic acids is 1. The first kappa shape index (κ1) is 18.3. The minimum atomic E-state index is -0.362. The van der Waals surface area contributed by atoms with E-state index in [-0.39, 0.29) is 11.7 Å². The van der Waals surface area contributed by atoms with Gasteiger partial charge in [-0.1, -0.05) is 6.07 Å². The first-order chi connectivity index (χ1) is 13.7. The third-order valence-corrected chi connectivity index (χ3v) is 4.78. The Balaban J connectivity index is 1.23. The van der Waals surface area contributed by atoms with E-state index < -0.39 is 0 Å². The lowest BCUT2D eigenvalue weighted by atomic mass is 10.3. The summed E-state index contributed by atoms with van der Waals surface area (Å²) in [5.74, 6) is 1.06. The molecule has 4 rings (SSSR count). The van der Waals surface area contributed by atoms with Crippen LogP contribution < -0.4 is 15.1 Å². The average molecular weight is 387 g/mol. The van der Waals surface area contributed by atoms with Crippen LogP contribution in [-0.4, -0.2) is 48.8 Å². The Morgan fingerprint density at radius 1 is 1.11 bits per heavy atom. The fraction of sp³-hybridized carbons (Fsp3) is 0.316. The van der Waals surface area contributed by atoms with E-state index in [9.17, 15) is 9.18 Å². The molecule has 1 fully saturated rings. The molecule has 0 spiro atoms. The maximum Gasteiger partial charge on any atom is 0.283 e. The van der Waals surface area contributed by atoms with Crippen molar-refractivity contribution in [3.05, 3.63) is 54.4 Å². The fourth-order valence-corrected chi connectivity index (χ4v) is 3.35. The molecule has 9 heteroatoms. The highest BCUT2D eigenvalue weighted by atomic mass is 19.1. The highest BCUT2D eigenvalue weighted by Crippen LogP contribution is 2.17. The smallest absolute Gasteiger partial charge is 0.283 e. The quantitative estimate of drug-likeness (QED) is 0.525. The molecule has 3 heterocycles. The van der Waals surface area contributed by atoms with Crippen molar-refractivity contribution in [3.63, 3.8) is 0 Å². The molecular weight excluding hydrogens is 365 g/mol. The van der Waals surface area contributed by atoms with Crippen LogP contribution in [0.15, 0.2) is 51.5 Å². The van der Waals surface area contributed by atoms with Crippen molar-refractivity contribution in [1.82, 2.24) is 10.2 Å². The summed E-state index contributed by atoms with van der Waals surface area (Å²) in [5.41, 5.74) is 0.484.